The van der Waals surface area contributed by atoms with Crippen molar-refractivity contribution in [1.82, 2.24) is 10.2 Å². The normalized spacial score (nSPS) is 11.3. The van der Waals surface area contributed by atoms with E-state index in [-0.39, 0.29) is 0 Å². The molecule has 1 aromatic heterocycles. The van der Waals surface area contributed by atoms with Crippen LogP contribution >= 0.6 is 0 Å². The zero-order chi connectivity index (χ0) is 11.3. The van der Waals surface area contributed by atoms with Crippen LogP contribution < -0.4 is 5.32 Å². The molecule has 0 spiro atoms. The largest absolute Gasteiger partial charge is 0.463 e. The third-order valence-corrected chi connectivity index (χ3v) is 2.44. The fourth-order valence-corrected chi connectivity index (χ4v) is 1.73. The lowest BCUT2D eigenvalue weighted by Gasteiger charge is -2.12. The molecule has 0 saturated heterocycles. The molecule has 1 heterocycles. The Balaban J connectivity index is 2.58. The first-order valence-corrected chi connectivity index (χ1v) is 5.58. The molecule has 0 fully saturated rings. The monoisotopic (exact) mass is 210 g/mol. The number of hydrogen-bond donors (Lipinski definition) is 1. The Morgan fingerprint density at radius 2 is 2.20 bits per heavy atom. The van der Waals surface area contributed by atoms with Gasteiger partial charge in [0, 0.05) is 0 Å². The molecule has 1 aromatic rings. The Morgan fingerprint density at radius 3 is 2.80 bits per heavy atom. The van der Waals surface area contributed by atoms with Gasteiger partial charge in [0.2, 0.25) is 0 Å². The van der Waals surface area contributed by atoms with Crippen LogP contribution in [0.3, 0.4) is 0 Å². The molecule has 1 rings (SSSR count). The summed E-state index contributed by atoms with van der Waals surface area (Å²) in [6.07, 6.45) is 1.18. The molecule has 0 bridgehead atoms. The highest BCUT2D eigenvalue weighted by molar-refractivity contribution is 5.19. The highest BCUT2D eigenvalue weighted by Crippen LogP contribution is 2.15. The first kappa shape index (κ1) is 12.3. The van der Waals surface area contributed by atoms with Gasteiger partial charge in [-0.3, -0.25) is 4.90 Å². The predicted molar refractivity (Wildman–Crippen MR) is 62.8 cm³/mol. The third-order valence-electron chi connectivity index (χ3n) is 2.44. The van der Waals surface area contributed by atoms with Gasteiger partial charge in [0.1, 0.15) is 11.5 Å². The Kier molecular flexibility index (Phi) is 4.85. The summed E-state index contributed by atoms with van der Waals surface area (Å²) in [5, 5.41) is 3.11. The van der Waals surface area contributed by atoms with Crippen LogP contribution in [0.4, 0.5) is 0 Å². The lowest BCUT2D eigenvalue weighted by molar-refractivity contribution is 0.290. The van der Waals surface area contributed by atoms with Crippen molar-refractivity contribution >= 4 is 0 Å². The highest BCUT2D eigenvalue weighted by Gasteiger charge is 2.08. The second-order valence-corrected chi connectivity index (χ2v) is 4.09. The van der Waals surface area contributed by atoms with Gasteiger partial charge in [0.05, 0.1) is 13.1 Å². The first-order valence-electron chi connectivity index (χ1n) is 5.58. The molecule has 3 heteroatoms. The smallest absolute Gasteiger partial charge is 0.120 e. The summed E-state index contributed by atoms with van der Waals surface area (Å²) in [6, 6.07) is 2.14. The van der Waals surface area contributed by atoms with Crippen molar-refractivity contribution in [3.05, 3.63) is 23.2 Å². The Morgan fingerprint density at radius 1 is 1.47 bits per heavy atom. The van der Waals surface area contributed by atoms with Gasteiger partial charge < -0.3 is 9.73 Å². The average Bonchev–Trinajstić information content (AvgIpc) is 2.48. The van der Waals surface area contributed by atoms with Gasteiger partial charge in [-0.25, -0.2) is 0 Å². The summed E-state index contributed by atoms with van der Waals surface area (Å²) in [5.41, 5.74) is 1.24. The molecule has 0 aliphatic rings. The highest BCUT2D eigenvalue weighted by atomic mass is 16.3. The maximum absolute atomic E-state index is 5.77. The van der Waals surface area contributed by atoms with Crippen LogP contribution in [-0.2, 0) is 13.1 Å². The second-order valence-electron chi connectivity index (χ2n) is 4.09. The van der Waals surface area contributed by atoms with E-state index in [0.717, 1.165) is 31.2 Å². The summed E-state index contributed by atoms with van der Waals surface area (Å²) in [6.45, 7) is 7.11. The minimum atomic E-state index is 0.809. The zero-order valence-electron chi connectivity index (χ0n) is 10.3. The number of nitrogens with one attached hydrogen (secondary N) is 1. The van der Waals surface area contributed by atoms with Crippen molar-refractivity contribution in [2.75, 3.05) is 20.6 Å². The standard InChI is InChI=1S/C12H22N2O/c1-5-6-14(4)9-11-7-10(2)12(15-11)8-13-3/h7,13H,5-6,8-9H2,1-4H3. The molecule has 0 aliphatic carbocycles. The van der Waals surface area contributed by atoms with Crippen molar-refractivity contribution in [1.29, 1.82) is 0 Å². The molecule has 1 N–H and O–H groups in total. The molecule has 0 aliphatic heterocycles. The van der Waals surface area contributed by atoms with Crippen LogP contribution in [0.25, 0.3) is 0 Å². The van der Waals surface area contributed by atoms with E-state index in [1.807, 2.05) is 7.05 Å². The van der Waals surface area contributed by atoms with E-state index in [4.69, 9.17) is 4.42 Å². The van der Waals surface area contributed by atoms with Gasteiger partial charge in [0.25, 0.3) is 0 Å². The lowest BCUT2D eigenvalue weighted by Crippen LogP contribution is -2.17. The van der Waals surface area contributed by atoms with E-state index in [0.29, 0.717) is 0 Å². The van der Waals surface area contributed by atoms with Crippen LogP contribution in [0.1, 0.15) is 30.4 Å². The number of nitrogens with zero attached hydrogens (tertiary/aromatic N) is 1. The Hall–Kier alpha value is -0.800. The van der Waals surface area contributed by atoms with E-state index in [2.05, 4.69) is 37.2 Å². The number of furan rings is 1. The van der Waals surface area contributed by atoms with Crippen LogP contribution in [0.15, 0.2) is 10.5 Å². The molecule has 0 unspecified atom stereocenters. The van der Waals surface area contributed by atoms with E-state index >= 15 is 0 Å². The zero-order valence-corrected chi connectivity index (χ0v) is 10.3. The van der Waals surface area contributed by atoms with Gasteiger partial charge in [-0.05, 0) is 45.6 Å². The van der Waals surface area contributed by atoms with Crippen LogP contribution in [0.5, 0.6) is 0 Å². The molecule has 0 aromatic carbocycles. The molecule has 86 valence electrons. The van der Waals surface area contributed by atoms with Crippen LogP contribution in [0.2, 0.25) is 0 Å². The van der Waals surface area contributed by atoms with Gasteiger partial charge in [0.15, 0.2) is 0 Å². The average molecular weight is 210 g/mol. The van der Waals surface area contributed by atoms with E-state index in [9.17, 15) is 0 Å². The fraction of sp³-hybridized carbons (Fsp3) is 0.667. The van der Waals surface area contributed by atoms with Gasteiger partial charge in [-0.2, -0.15) is 0 Å². The van der Waals surface area contributed by atoms with Crippen LogP contribution in [-0.4, -0.2) is 25.5 Å². The Bertz CT molecular complexity index is 294. The predicted octanol–water partition coefficient (Wildman–Crippen LogP) is 2.15. The Labute approximate surface area is 92.5 Å². The van der Waals surface area contributed by atoms with Crippen molar-refractivity contribution < 1.29 is 4.42 Å². The summed E-state index contributed by atoms with van der Waals surface area (Å²) >= 11 is 0. The summed E-state index contributed by atoms with van der Waals surface area (Å²) < 4.78 is 5.77. The summed E-state index contributed by atoms with van der Waals surface area (Å²) in [5.74, 6) is 2.12. The first-order chi connectivity index (χ1) is 7.17. The maximum atomic E-state index is 5.77. The van der Waals surface area contributed by atoms with Crippen molar-refractivity contribution in [2.45, 2.75) is 33.4 Å². The summed E-state index contributed by atoms with van der Waals surface area (Å²) in [7, 11) is 4.06. The van der Waals surface area contributed by atoms with Gasteiger partial charge in [-0.15, -0.1) is 0 Å². The van der Waals surface area contributed by atoms with Gasteiger partial charge in [-0.1, -0.05) is 6.92 Å². The molecule has 0 atom stereocenters. The molecule has 0 amide bonds. The molecular formula is C12H22N2O. The topological polar surface area (TPSA) is 28.4 Å². The number of rotatable bonds is 6. The quantitative estimate of drug-likeness (QED) is 0.780. The molecule has 15 heavy (non-hydrogen) atoms. The van der Waals surface area contributed by atoms with Crippen molar-refractivity contribution in [3.63, 3.8) is 0 Å². The van der Waals surface area contributed by atoms with Crippen molar-refractivity contribution in [3.8, 4) is 0 Å². The molecule has 3 nitrogen and oxygen atoms in total. The van der Waals surface area contributed by atoms with E-state index in [1.165, 1.54) is 12.0 Å². The number of hydrogen-bond acceptors (Lipinski definition) is 3. The molecule has 0 saturated carbocycles. The maximum Gasteiger partial charge on any atom is 0.120 e. The SMILES string of the molecule is CCCN(C)Cc1cc(C)c(CNC)o1. The summed E-state index contributed by atoms with van der Waals surface area (Å²) in [4.78, 5) is 2.28. The van der Waals surface area contributed by atoms with Crippen molar-refractivity contribution in [2.24, 2.45) is 0 Å². The second kappa shape index (κ2) is 5.93. The molecular weight excluding hydrogens is 188 g/mol. The number of aryl methyl sites for hydroxylation is 1. The fourth-order valence-electron chi connectivity index (χ4n) is 1.73. The minimum absolute atomic E-state index is 0.809. The van der Waals surface area contributed by atoms with E-state index in [1.54, 1.807) is 0 Å². The minimum Gasteiger partial charge on any atom is -0.463 e. The lowest BCUT2D eigenvalue weighted by atomic mass is 10.2. The molecule has 0 radical (unpaired) electrons. The third kappa shape index (κ3) is 3.68. The van der Waals surface area contributed by atoms with Crippen LogP contribution in [0, 0.1) is 6.92 Å². The van der Waals surface area contributed by atoms with E-state index < -0.39 is 0 Å². The van der Waals surface area contributed by atoms with Gasteiger partial charge >= 0.3 is 0 Å².